The Labute approximate surface area is 101 Å². The largest absolute Gasteiger partial charge is 0.320 e. The molecule has 0 fully saturated rings. The van der Waals surface area contributed by atoms with E-state index in [1.807, 2.05) is 5.32 Å². The van der Waals surface area contributed by atoms with Gasteiger partial charge >= 0.3 is 5.92 Å². The third-order valence-corrected chi connectivity index (χ3v) is 2.76. The van der Waals surface area contributed by atoms with Gasteiger partial charge in [-0.25, -0.2) is 0 Å². The Bertz CT molecular complexity index is 334. The molecule has 0 aromatic rings. The molecule has 5 heteroatoms. The van der Waals surface area contributed by atoms with Crippen LogP contribution < -0.4 is 5.32 Å². The number of hydrogen-bond acceptors (Lipinski definition) is 1. The highest BCUT2D eigenvalue weighted by atomic mass is 127. The highest BCUT2D eigenvalue weighted by Crippen LogP contribution is 2.28. The molecule has 0 aliphatic heterocycles. The van der Waals surface area contributed by atoms with E-state index in [2.05, 4.69) is 13.2 Å². The van der Waals surface area contributed by atoms with Crippen molar-refractivity contribution in [2.75, 3.05) is 0 Å². The highest BCUT2D eigenvalue weighted by molar-refractivity contribution is 14.1. The second kappa shape index (κ2) is 5.39. The first-order chi connectivity index (χ1) is 6.73. The van der Waals surface area contributed by atoms with Crippen LogP contribution in [0.4, 0.5) is 8.78 Å². The second-order valence-electron chi connectivity index (χ2n) is 2.92. The Morgan fingerprint density at radius 2 is 1.93 bits per heavy atom. The summed E-state index contributed by atoms with van der Waals surface area (Å²) in [5.74, 6) is -3.87. The van der Waals surface area contributed by atoms with Crippen LogP contribution in [0.1, 0.15) is 13.8 Å². The number of alkyl halides is 2. The van der Waals surface area contributed by atoms with Gasteiger partial charge in [0.2, 0.25) is 0 Å². The molecule has 84 valence electrons. The van der Waals surface area contributed by atoms with Crippen molar-refractivity contribution >= 4 is 28.5 Å². The van der Waals surface area contributed by atoms with Crippen molar-refractivity contribution in [2.45, 2.75) is 19.8 Å². The summed E-state index contributed by atoms with van der Waals surface area (Å²) >= 11 is 1.75. The fraction of sp³-hybridized carbons (Fsp3) is 0.300. The molecular formula is C10H12F2INO. The highest BCUT2D eigenvalue weighted by Gasteiger charge is 2.35. The Morgan fingerprint density at radius 3 is 2.27 bits per heavy atom. The lowest BCUT2D eigenvalue weighted by Crippen LogP contribution is -2.34. The van der Waals surface area contributed by atoms with Gasteiger partial charge < -0.3 is 5.32 Å². The van der Waals surface area contributed by atoms with Gasteiger partial charge in [0.05, 0.1) is 9.28 Å². The van der Waals surface area contributed by atoms with E-state index in [-0.39, 0.29) is 5.57 Å². The maximum Gasteiger partial charge on any atom is 0.307 e. The Kier molecular flexibility index (Phi) is 5.13. The summed E-state index contributed by atoms with van der Waals surface area (Å²) in [5.41, 5.74) is -1.01. The fourth-order valence-corrected chi connectivity index (χ4v) is 0.799. The predicted octanol–water partition coefficient (Wildman–Crippen LogP) is 3.17. The van der Waals surface area contributed by atoms with Crippen LogP contribution in [-0.4, -0.2) is 11.8 Å². The minimum Gasteiger partial charge on any atom is -0.320 e. The average Bonchev–Trinajstić information content (AvgIpc) is 2.15. The predicted molar refractivity (Wildman–Crippen MR) is 64.8 cm³/mol. The lowest BCUT2D eigenvalue weighted by atomic mass is 10.1. The molecule has 1 N–H and O–H groups in total. The molecule has 0 heterocycles. The monoisotopic (exact) mass is 327 g/mol. The van der Waals surface area contributed by atoms with E-state index < -0.39 is 17.5 Å². The van der Waals surface area contributed by atoms with Crippen LogP contribution in [-0.2, 0) is 4.79 Å². The van der Waals surface area contributed by atoms with Crippen LogP contribution >= 0.6 is 22.6 Å². The maximum absolute atomic E-state index is 13.2. The molecule has 0 rings (SSSR count). The van der Waals surface area contributed by atoms with Crippen LogP contribution in [0.3, 0.4) is 0 Å². The third-order valence-electron chi connectivity index (χ3n) is 1.65. The summed E-state index contributed by atoms with van der Waals surface area (Å²) in [7, 11) is 0. The zero-order valence-electron chi connectivity index (χ0n) is 8.53. The Hall–Kier alpha value is -0.720. The molecule has 0 radical (unpaired) electrons. The summed E-state index contributed by atoms with van der Waals surface area (Å²) in [5, 5.41) is 2.03. The number of rotatable bonds is 4. The lowest BCUT2D eigenvalue weighted by Gasteiger charge is -2.19. The fourth-order valence-electron chi connectivity index (χ4n) is 0.664. The van der Waals surface area contributed by atoms with Crippen LogP contribution in [0.5, 0.6) is 0 Å². The Morgan fingerprint density at radius 1 is 1.47 bits per heavy atom. The molecule has 2 nitrogen and oxygen atoms in total. The zero-order valence-corrected chi connectivity index (χ0v) is 10.7. The van der Waals surface area contributed by atoms with Gasteiger partial charge in [-0.3, -0.25) is 4.79 Å². The first-order valence-corrected chi connectivity index (χ1v) is 5.17. The number of nitrogens with one attached hydrogen (secondary N) is 1. The molecule has 0 saturated carbocycles. The Balaban J connectivity index is 4.66. The van der Waals surface area contributed by atoms with Gasteiger partial charge in [0.1, 0.15) is 0 Å². The minimum absolute atomic E-state index is 0.325. The van der Waals surface area contributed by atoms with Crippen molar-refractivity contribution < 1.29 is 13.6 Å². The van der Waals surface area contributed by atoms with Crippen molar-refractivity contribution in [3.05, 3.63) is 34.1 Å². The average molecular weight is 327 g/mol. The first-order valence-electron chi connectivity index (χ1n) is 4.09. The summed E-state index contributed by atoms with van der Waals surface area (Å²) in [6.07, 6.45) is 1.52. The van der Waals surface area contributed by atoms with E-state index in [1.54, 1.807) is 29.5 Å². The quantitative estimate of drug-likeness (QED) is 0.480. The van der Waals surface area contributed by atoms with E-state index in [1.165, 1.54) is 13.0 Å². The molecule has 0 aromatic carbocycles. The molecule has 1 amide bonds. The first kappa shape index (κ1) is 14.3. The zero-order chi connectivity index (χ0) is 12.2. The van der Waals surface area contributed by atoms with E-state index >= 15 is 0 Å². The number of allylic oxidation sites excluding steroid dienone is 2. The molecular weight excluding hydrogens is 315 g/mol. The van der Waals surface area contributed by atoms with Crippen LogP contribution in [0.25, 0.3) is 0 Å². The van der Waals surface area contributed by atoms with Crippen molar-refractivity contribution in [3.8, 4) is 0 Å². The van der Waals surface area contributed by atoms with E-state index in [9.17, 15) is 13.6 Å². The topological polar surface area (TPSA) is 29.1 Å². The van der Waals surface area contributed by atoms with Gasteiger partial charge in [0.15, 0.2) is 0 Å². The normalized spacial score (nSPS) is 12.2. The van der Waals surface area contributed by atoms with Crippen LogP contribution in [0.2, 0.25) is 0 Å². The van der Waals surface area contributed by atoms with Gasteiger partial charge in [0.25, 0.3) is 5.91 Å². The van der Waals surface area contributed by atoms with Gasteiger partial charge in [-0.05, 0) is 42.0 Å². The number of amides is 1. The van der Waals surface area contributed by atoms with E-state index in [0.717, 1.165) is 0 Å². The molecule has 0 saturated heterocycles. The summed E-state index contributed by atoms with van der Waals surface area (Å²) in [6, 6.07) is 0. The third kappa shape index (κ3) is 3.73. The van der Waals surface area contributed by atoms with Crippen LogP contribution in [0.15, 0.2) is 34.1 Å². The number of halogens is 3. The summed E-state index contributed by atoms with van der Waals surface area (Å²) < 4.78 is 26.8. The summed E-state index contributed by atoms with van der Waals surface area (Å²) in [6.45, 7) is 9.09. The summed E-state index contributed by atoms with van der Waals surface area (Å²) in [4.78, 5) is 11.2. The number of hydrogen-bond donors (Lipinski definition) is 1. The molecule has 0 spiro atoms. The molecule has 0 unspecified atom stereocenters. The minimum atomic E-state index is -3.28. The van der Waals surface area contributed by atoms with Gasteiger partial charge in [-0.2, -0.15) is 8.78 Å². The van der Waals surface area contributed by atoms with Crippen molar-refractivity contribution in [3.63, 3.8) is 0 Å². The molecule has 0 aliphatic rings. The van der Waals surface area contributed by atoms with Crippen molar-refractivity contribution in [2.24, 2.45) is 0 Å². The SMILES string of the molecule is C=C(C)C(F)(F)C(=C)NC(=O)/C(I)=C\C. The molecule has 0 aliphatic carbocycles. The van der Waals surface area contributed by atoms with Gasteiger partial charge in [-0.1, -0.05) is 19.2 Å². The molecule has 0 atom stereocenters. The van der Waals surface area contributed by atoms with Crippen molar-refractivity contribution in [1.82, 2.24) is 5.32 Å². The number of carbonyl (C=O) groups is 1. The second-order valence-corrected chi connectivity index (χ2v) is 4.09. The van der Waals surface area contributed by atoms with E-state index in [4.69, 9.17) is 0 Å². The van der Waals surface area contributed by atoms with Gasteiger partial charge in [-0.15, -0.1) is 0 Å². The standard InChI is InChI=1S/C10H12F2INO/c1-5-8(13)9(15)14-7(4)10(11,12)6(2)3/h5H,2,4H2,1,3H3,(H,14,15)/b8-5+. The molecule has 0 bridgehead atoms. The van der Waals surface area contributed by atoms with E-state index in [0.29, 0.717) is 3.58 Å². The number of carbonyl (C=O) groups excluding carboxylic acids is 1. The smallest absolute Gasteiger partial charge is 0.307 e. The molecule has 0 aromatic heterocycles. The van der Waals surface area contributed by atoms with Gasteiger partial charge in [0, 0.05) is 0 Å². The van der Waals surface area contributed by atoms with Crippen molar-refractivity contribution in [1.29, 1.82) is 0 Å². The lowest BCUT2D eigenvalue weighted by molar-refractivity contribution is -0.116. The van der Waals surface area contributed by atoms with Crippen LogP contribution in [0, 0.1) is 0 Å². The maximum atomic E-state index is 13.2. The molecule has 15 heavy (non-hydrogen) atoms.